The van der Waals surface area contributed by atoms with Gasteiger partial charge in [-0.25, -0.2) is 0 Å². The summed E-state index contributed by atoms with van der Waals surface area (Å²) in [6, 6.07) is 14.8. The number of hydrogen-bond donors (Lipinski definition) is 1. The number of ether oxygens (including phenoxy) is 2. The fourth-order valence-corrected chi connectivity index (χ4v) is 4.32. The van der Waals surface area contributed by atoms with Crippen LogP contribution in [0.15, 0.2) is 53.7 Å². The van der Waals surface area contributed by atoms with E-state index >= 15 is 0 Å². The van der Waals surface area contributed by atoms with Gasteiger partial charge < -0.3 is 14.8 Å². The summed E-state index contributed by atoms with van der Waals surface area (Å²) in [6.45, 7) is 1.41. The van der Waals surface area contributed by atoms with Crippen molar-refractivity contribution in [3.05, 3.63) is 53.6 Å². The summed E-state index contributed by atoms with van der Waals surface area (Å²) in [5.74, 6) is 1.56. The summed E-state index contributed by atoms with van der Waals surface area (Å²) in [6.07, 6.45) is 2.16. The van der Waals surface area contributed by atoms with Crippen LogP contribution in [0.25, 0.3) is 11.4 Å². The van der Waals surface area contributed by atoms with E-state index in [1.807, 2.05) is 41.0 Å². The molecule has 3 aromatic rings. The number of methoxy groups -OCH3 is 1. The lowest BCUT2D eigenvalue weighted by atomic mass is 10.2. The summed E-state index contributed by atoms with van der Waals surface area (Å²) in [5, 5.41) is 12.8. The van der Waals surface area contributed by atoms with Gasteiger partial charge in [-0.3, -0.25) is 9.36 Å². The lowest BCUT2D eigenvalue weighted by Gasteiger charge is -2.15. The van der Waals surface area contributed by atoms with Crippen molar-refractivity contribution in [3.8, 4) is 17.1 Å². The molecule has 1 saturated heterocycles. The third-order valence-corrected chi connectivity index (χ3v) is 6.25. The fourth-order valence-electron chi connectivity index (χ4n) is 3.38. The highest BCUT2D eigenvalue weighted by atomic mass is 35.5. The van der Waals surface area contributed by atoms with Gasteiger partial charge in [-0.15, -0.1) is 10.2 Å². The number of thioether (sulfide) groups is 1. The molecule has 1 fully saturated rings. The van der Waals surface area contributed by atoms with Crippen molar-refractivity contribution in [3.63, 3.8) is 0 Å². The summed E-state index contributed by atoms with van der Waals surface area (Å²) < 4.78 is 13.1. The molecule has 31 heavy (non-hydrogen) atoms. The van der Waals surface area contributed by atoms with Gasteiger partial charge in [0.1, 0.15) is 5.75 Å². The number of nitrogens with one attached hydrogen (secondary N) is 1. The summed E-state index contributed by atoms with van der Waals surface area (Å²) >= 11 is 7.47. The van der Waals surface area contributed by atoms with Crippen LogP contribution in [-0.4, -0.2) is 46.2 Å². The average molecular weight is 459 g/mol. The molecule has 1 aliphatic rings. The molecule has 0 bridgehead atoms. The second kappa shape index (κ2) is 10.2. The van der Waals surface area contributed by atoms with Gasteiger partial charge in [0, 0.05) is 12.2 Å². The second-order valence-corrected chi connectivity index (χ2v) is 8.45. The third-order valence-electron chi connectivity index (χ3n) is 4.96. The summed E-state index contributed by atoms with van der Waals surface area (Å²) in [5.41, 5.74) is 1.52. The molecule has 0 radical (unpaired) electrons. The summed E-state index contributed by atoms with van der Waals surface area (Å²) in [7, 11) is 1.64. The predicted molar refractivity (Wildman–Crippen MR) is 122 cm³/mol. The quantitative estimate of drug-likeness (QED) is 0.500. The number of rotatable bonds is 8. The Morgan fingerprint density at radius 2 is 2.06 bits per heavy atom. The van der Waals surface area contributed by atoms with Crippen molar-refractivity contribution in [2.75, 3.05) is 24.8 Å². The number of anilines is 1. The highest BCUT2D eigenvalue weighted by Crippen LogP contribution is 2.28. The lowest BCUT2D eigenvalue weighted by Crippen LogP contribution is -2.18. The number of carbonyl (C=O) groups excluding carboxylic acids is 1. The molecule has 2 aromatic carbocycles. The second-order valence-electron chi connectivity index (χ2n) is 7.10. The van der Waals surface area contributed by atoms with Crippen LogP contribution in [0.1, 0.15) is 12.8 Å². The number of halogens is 1. The van der Waals surface area contributed by atoms with E-state index in [0.29, 0.717) is 22.4 Å². The van der Waals surface area contributed by atoms with E-state index in [4.69, 9.17) is 21.1 Å². The molecule has 9 heteroatoms. The van der Waals surface area contributed by atoms with E-state index in [1.54, 1.807) is 19.2 Å². The topological polar surface area (TPSA) is 78.3 Å². The summed E-state index contributed by atoms with van der Waals surface area (Å²) in [4.78, 5) is 12.5. The Morgan fingerprint density at radius 3 is 2.77 bits per heavy atom. The normalized spacial score (nSPS) is 15.7. The molecule has 2 heterocycles. The standard InChI is InChI=1S/C22H23ClN4O3S/c1-29-16-10-8-15(9-11-16)21-25-26-22(27(21)13-17-5-4-12-30-17)31-14-20(28)24-19-7-3-2-6-18(19)23/h2-3,6-11,17H,4-5,12-14H2,1H3,(H,24,28)/t17-/m0/s1. The van der Waals surface area contributed by atoms with E-state index in [-0.39, 0.29) is 17.8 Å². The Hall–Kier alpha value is -2.55. The number of carbonyl (C=O) groups is 1. The first-order valence-corrected chi connectivity index (χ1v) is 11.4. The minimum Gasteiger partial charge on any atom is -0.497 e. The number of nitrogens with zero attached hydrogens (tertiary/aromatic N) is 3. The molecular formula is C22H23ClN4O3S. The van der Waals surface area contributed by atoms with Crippen LogP contribution in [0, 0.1) is 0 Å². The van der Waals surface area contributed by atoms with E-state index in [2.05, 4.69) is 15.5 Å². The molecule has 0 spiro atoms. The van der Waals surface area contributed by atoms with Gasteiger partial charge in [0.25, 0.3) is 0 Å². The van der Waals surface area contributed by atoms with E-state index in [9.17, 15) is 4.79 Å². The zero-order chi connectivity index (χ0) is 21.6. The zero-order valence-corrected chi connectivity index (χ0v) is 18.7. The molecule has 0 saturated carbocycles. The Balaban J connectivity index is 1.51. The SMILES string of the molecule is COc1ccc(-c2nnc(SCC(=O)Nc3ccccc3Cl)n2C[C@@H]2CCCO2)cc1. The molecule has 1 aliphatic heterocycles. The maximum Gasteiger partial charge on any atom is 0.234 e. The maximum absolute atomic E-state index is 12.5. The molecule has 0 unspecified atom stereocenters. The maximum atomic E-state index is 12.5. The molecule has 1 N–H and O–H groups in total. The van der Waals surface area contributed by atoms with Crippen LogP contribution in [0.2, 0.25) is 5.02 Å². The number of aromatic nitrogens is 3. The molecule has 4 rings (SSSR count). The van der Waals surface area contributed by atoms with Gasteiger partial charge in [0.2, 0.25) is 5.91 Å². The predicted octanol–water partition coefficient (Wildman–Crippen LogP) is 4.52. The van der Waals surface area contributed by atoms with E-state index in [1.165, 1.54) is 11.8 Å². The highest BCUT2D eigenvalue weighted by molar-refractivity contribution is 7.99. The molecule has 7 nitrogen and oxygen atoms in total. The number of para-hydroxylation sites is 1. The average Bonchev–Trinajstić information content (AvgIpc) is 3.44. The van der Waals surface area contributed by atoms with Gasteiger partial charge in [0.05, 0.1) is 36.2 Å². The van der Waals surface area contributed by atoms with Crippen LogP contribution in [0.3, 0.4) is 0 Å². The first-order valence-electron chi connectivity index (χ1n) is 10.0. The first kappa shape index (κ1) is 21.7. The molecule has 1 atom stereocenters. The molecule has 0 aliphatic carbocycles. The lowest BCUT2D eigenvalue weighted by molar-refractivity contribution is -0.113. The fraction of sp³-hybridized carbons (Fsp3) is 0.318. The van der Waals surface area contributed by atoms with Crippen molar-refractivity contribution in [1.29, 1.82) is 0 Å². The van der Waals surface area contributed by atoms with Crippen LogP contribution in [-0.2, 0) is 16.1 Å². The number of hydrogen-bond acceptors (Lipinski definition) is 6. The Labute approximate surface area is 190 Å². The van der Waals surface area contributed by atoms with Crippen LogP contribution in [0.5, 0.6) is 5.75 Å². The number of benzene rings is 2. The smallest absolute Gasteiger partial charge is 0.234 e. The van der Waals surface area contributed by atoms with Gasteiger partial charge in [-0.05, 0) is 49.2 Å². The highest BCUT2D eigenvalue weighted by Gasteiger charge is 2.22. The molecule has 162 valence electrons. The minimum atomic E-state index is -0.157. The first-order chi connectivity index (χ1) is 15.1. The largest absolute Gasteiger partial charge is 0.497 e. The Morgan fingerprint density at radius 1 is 1.26 bits per heavy atom. The van der Waals surface area contributed by atoms with Crippen molar-refractivity contribution in [2.24, 2.45) is 0 Å². The van der Waals surface area contributed by atoms with E-state index < -0.39 is 0 Å². The zero-order valence-electron chi connectivity index (χ0n) is 17.1. The molecular weight excluding hydrogens is 436 g/mol. The van der Waals surface area contributed by atoms with Crippen LogP contribution >= 0.6 is 23.4 Å². The molecule has 1 aromatic heterocycles. The minimum absolute atomic E-state index is 0.115. The van der Waals surface area contributed by atoms with Crippen molar-refractivity contribution in [1.82, 2.24) is 14.8 Å². The molecule has 1 amide bonds. The van der Waals surface area contributed by atoms with Crippen LogP contribution < -0.4 is 10.1 Å². The van der Waals surface area contributed by atoms with Gasteiger partial charge >= 0.3 is 0 Å². The van der Waals surface area contributed by atoms with Crippen molar-refractivity contribution < 1.29 is 14.3 Å². The van der Waals surface area contributed by atoms with Crippen molar-refractivity contribution >= 4 is 35.0 Å². The van der Waals surface area contributed by atoms with Crippen molar-refractivity contribution in [2.45, 2.75) is 30.6 Å². The van der Waals surface area contributed by atoms with Gasteiger partial charge in [-0.1, -0.05) is 35.5 Å². The van der Waals surface area contributed by atoms with Crippen LogP contribution in [0.4, 0.5) is 5.69 Å². The van der Waals surface area contributed by atoms with Gasteiger partial charge in [-0.2, -0.15) is 0 Å². The van der Waals surface area contributed by atoms with Gasteiger partial charge in [0.15, 0.2) is 11.0 Å². The Kier molecular flexibility index (Phi) is 7.11. The Bertz CT molecular complexity index is 1040. The third kappa shape index (κ3) is 5.39. The number of amides is 1. The van der Waals surface area contributed by atoms with E-state index in [0.717, 1.165) is 36.6 Å². The monoisotopic (exact) mass is 458 g/mol.